The van der Waals surface area contributed by atoms with Gasteiger partial charge in [0, 0.05) is 11.1 Å². The molecule has 2 heteroatoms. The van der Waals surface area contributed by atoms with Crippen LogP contribution in [0.4, 0.5) is 0 Å². The average Bonchev–Trinajstić information content (AvgIpc) is 2.47. The zero-order chi connectivity index (χ0) is 18.2. The van der Waals surface area contributed by atoms with E-state index in [1.807, 2.05) is 32.0 Å². The van der Waals surface area contributed by atoms with E-state index in [4.69, 9.17) is 0 Å². The van der Waals surface area contributed by atoms with Gasteiger partial charge in [-0.3, -0.25) is 0 Å². The Bertz CT molecular complexity index is 793. The number of phenols is 2. The molecule has 0 bridgehead atoms. The number of allylic oxidation sites excluding steroid dienone is 1. The van der Waals surface area contributed by atoms with Crippen LogP contribution in [0, 0.1) is 20.8 Å². The molecule has 0 unspecified atom stereocenters. The second kappa shape index (κ2) is 6.35. The molecule has 2 aromatic rings. The highest BCUT2D eigenvalue weighted by Gasteiger charge is 2.23. The number of aryl methyl sites for hydroxylation is 1. The molecule has 24 heavy (non-hydrogen) atoms. The third-order valence-electron chi connectivity index (χ3n) is 4.79. The third kappa shape index (κ3) is 3.19. The first-order chi connectivity index (χ1) is 11.1. The van der Waals surface area contributed by atoms with Crippen LogP contribution in [0.3, 0.4) is 0 Å². The van der Waals surface area contributed by atoms with Gasteiger partial charge in [-0.2, -0.15) is 0 Å². The van der Waals surface area contributed by atoms with Gasteiger partial charge >= 0.3 is 0 Å². The number of hydrogen-bond acceptors (Lipinski definition) is 2. The summed E-state index contributed by atoms with van der Waals surface area (Å²) in [4.78, 5) is 0. The van der Waals surface area contributed by atoms with Crippen LogP contribution in [0.1, 0.15) is 48.6 Å². The van der Waals surface area contributed by atoms with Crippen LogP contribution in [0.2, 0.25) is 0 Å². The largest absolute Gasteiger partial charge is 0.507 e. The van der Waals surface area contributed by atoms with E-state index in [1.54, 1.807) is 6.08 Å². The van der Waals surface area contributed by atoms with Crippen molar-refractivity contribution in [3.8, 4) is 22.6 Å². The predicted molar refractivity (Wildman–Crippen MR) is 102 cm³/mol. The maximum Gasteiger partial charge on any atom is 0.123 e. The molecule has 0 aliphatic rings. The lowest BCUT2D eigenvalue weighted by Crippen LogP contribution is -2.12. The fourth-order valence-corrected chi connectivity index (χ4v) is 3.15. The molecule has 0 fully saturated rings. The maximum atomic E-state index is 10.7. The molecule has 0 spiro atoms. The first-order valence-corrected chi connectivity index (χ1v) is 8.35. The molecule has 2 rings (SSSR count). The van der Waals surface area contributed by atoms with Crippen LogP contribution in [0.15, 0.2) is 30.9 Å². The quantitative estimate of drug-likeness (QED) is 0.709. The van der Waals surface area contributed by atoms with E-state index < -0.39 is 0 Å². The van der Waals surface area contributed by atoms with E-state index in [0.717, 1.165) is 33.4 Å². The molecule has 0 saturated heterocycles. The molecule has 0 aliphatic carbocycles. The highest BCUT2D eigenvalue weighted by molar-refractivity contribution is 5.78. The van der Waals surface area contributed by atoms with Gasteiger partial charge in [-0.15, -0.1) is 6.58 Å². The van der Waals surface area contributed by atoms with Crippen molar-refractivity contribution in [2.45, 2.75) is 53.4 Å². The molecule has 0 saturated carbocycles. The topological polar surface area (TPSA) is 40.5 Å². The van der Waals surface area contributed by atoms with Crippen molar-refractivity contribution in [3.63, 3.8) is 0 Å². The molecule has 128 valence electrons. The lowest BCUT2D eigenvalue weighted by molar-refractivity contribution is 0.441. The maximum absolute atomic E-state index is 10.7. The van der Waals surface area contributed by atoms with E-state index in [-0.39, 0.29) is 11.2 Å². The molecular weight excluding hydrogens is 296 g/mol. The molecular formula is C22H28O2. The Morgan fingerprint density at radius 1 is 1.00 bits per heavy atom. The van der Waals surface area contributed by atoms with Crippen LogP contribution in [-0.2, 0) is 11.8 Å². The fraction of sp³-hybridized carbons (Fsp3) is 0.364. The van der Waals surface area contributed by atoms with Crippen molar-refractivity contribution in [2.75, 3.05) is 0 Å². The standard InChI is InChI=1S/C22H28O2/c1-8-9-16-11-17(12-18(21(16)24)22(5,6)7)20-15(4)14(3)13(2)10-19(20)23/h8,10-12,23-24H,1,9H2,2-7H3. The molecule has 0 heterocycles. The first-order valence-electron chi connectivity index (χ1n) is 8.35. The van der Waals surface area contributed by atoms with Crippen LogP contribution in [-0.4, -0.2) is 10.2 Å². The summed E-state index contributed by atoms with van der Waals surface area (Å²) in [5, 5.41) is 21.2. The van der Waals surface area contributed by atoms with Crippen molar-refractivity contribution in [2.24, 2.45) is 0 Å². The van der Waals surface area contributed by atoms with Gasteiger partial charge < -0.3 is 10.2 Å². The minimum Gasteiger partial charge on any atom is -0.507 e. The molecule has 2 nitrogen and oxygen atoms in total. The van der Waals surface area contributed by atoms with Gasteiger partial charge in [-0.05, 0) is 78.6 Å². The Kier molecular flexibility index (Phi) is 4.80. The van der Waals surface area contributed by atoms with Crippen LogP contribution in [0.25, 0.3) is 11.1 Å². The number of benzene rings is 2. The van der Waals surface area contributed by atoms with E-state index in [0.29, 0.717) is 12.2 Å². The monoisotopic (exact) mass is 324 g/mol. The second-order valence-corrected chi connectivity index (χ2v) is 7.61. The van der Waals surface area contributed by atoms with E-state index in [9.17, 15) is 10.2 Å². The summed E-state index contributed by atoms with van der Waals surface area (Å²) in [6, 6.07) is 5.77. The number of aromatic hydroxyl groups is 2. The summed E-state index contributed by atoms with van der Waals surface area (Å²) in [6.45, 7) is 16.1. The average molecular weight is 324 g/mol. The first kappa shape index (κ1) is 18.1. The minimum atomic E-state index is -0.195. The summed E-state index contributed by atoms with van der Waals surface area (Å²) >= 11 is 0. The molecule has 0 amide bonds. The Morgan fingerprint density at radius 2 is 1.62 bits per heavy atom. The van der Waals surface area contributed by atoms with Crippen molar-refractivity contribution >= 4 is 0 Å². The van der Waals surface area contributed by atoms with Gasteiger partial charge in [0.05, 0.1) is 0 Å². The smallest absolute Gasteiger partial charge is 0.123 e. The Labute approximate surface area is 145 Å². The summed E-state index contributed by atoms with van der Waals surface area (Å²) in [5.41, 5.74) is 6.63. The predicted octanol–water partition coefficient (Wildman–Crippen LogP) is 5.72. The van der Waals surface area contributed by atoms with Gasteiger partial charge in [0.1, 0.15) is 11.5 Å². The molecule has 0 atom stereocenters. The fourth-order valence-electron chi connectivity index (χ4n) is 3.15. The van der Waals surface area contributed by atoms with Crippen molar-refractivity contribution < 1.29 is 10.2 Å². The number of phenolic OH excluding ortho intramolecular Hbond substituents is 2. The van der Waals surface area contributed by atoms with Gasteiger partial charge in [0.15, 0.2) is 0 Å². The van der Waals surface area contributed by atoms with Crippen molar-refractivity contribution in [1.29, 1.82) is 0 Å². The molecule has 0 aromatic heterocycles. The molecule has 2 N–H and O–H groups in total. The van der Waals surface area contributed by atoms with Crippen LogP contribution < -0.4 is 0 Å². The van der Waals surface area contributed by atoms with E-state index in [2.05, 4.69) is 34.3 Å². The van der Waals surface area contributed by atoms with Crippen LogP contribution in [0.5, 0.6) is 11.5 Å². The highest BCUT2D eigenvalue weighted by Crippen LogP contribution is 2.42. The van der Waals surface area contributed by atoms with Gasteiger partial charge in [-0.1, -0.05) is 26.8 Å². The molecule has 2 aromatic carbocycles. The summed E-state index contributed by atoms with van der Waals surface area (Å²) in [5.74, 6) is 0.609. The van der Waals surface area contributed by atoms with E-state index in [1.165, 1.54) is 5.56 Å². The molecule has 0 aliphatic heterocycles. The van der Waals surface area contributed by atoms with E-state index >= 15 is 0 Å². The lowest BCUT2D eigenvalue weighted by atomic mass is 9.81. The normalized spacial score (nSPS) is 11.6. The third-order valence-corrected chi connectivity index (χ3v) is 4.79. The lowest BCUT2D eigenvalue weighted by Gasteiger charge is -2.24. The summed E-state index contributed by atoms with van der Waals surface area (Å²) < 4.78 is 0. The van der Waals surface area contributed by atoms with Gasteiger partial charge in [0.2, 0.25) is 0 Å². The summed E-state index contributed by atoms with van der Waals surface area (Å²) in [7, 11) is 0. The minimum absolute atomic E-state index is 0.195. The Hall–Kier alpha value is -2.22. The number of hydrogen-bond donors (Lipinski definition) is 2. The van der Waals surface area contributed by atoms with Gasteiger partial charge in [0.25, 0.3) is 0 Å². The van der Waals surface area contributed by atoms with Gasteiger partial charge in [-0.25, -0.2) is 0 Å². The Morgan fingerprint density at radius 3 is 2.17 bits per heavy atom. The zero-order valence-electron chi connectivity index (χ0n) is 15.6. The van der Waals surface area contributed by atoms with Crippen LogP contribution >= 0.6 is 0 Å². The van der Waals surface area contributed by atoms with Crippen molar-refractivity contribution in [3.05, 3.63) is 58.7 Å². The van der Waals surface area contributed by atoms with Crippen molar-refractivity contribution in [1.82, 2.24) is 0 Å². The summed E-state index contributed by atoms with van der Waals surface area (Å²) in [6.07, 6.45) is 2.38. The molecule has 0 radical (unpaired) electrons. The Balaban J connectivity index is 2.83. The zero-order valence-corrected chi connectivity index (χ0v) is 15.6. The SMILES string of the molecule is C=CCc1cc(-c2c(O)cc(C)c(C)c2C)cc(C(C)(C)C)c1O. The number of rotatable bonds is 3. The second-order valence-electron chi connectivity index (χ2n) is 7.61. The highest BCUT2D eigenvalue weighted by atomic mass is 16.3.